The topological polar surface area (TPSA) is 111 Å². The first-order valence-corrected chi connectivity index (χ1v) is 8.15. The number of carbonyl (C=O) groups excluding carboxylic acids is 1. The molecule has 0 saturated carbocycles. The number of rotatable bonds is 11. The lowest BCUT2D eigenvalue weighted by molar-refractivity contribution is -0.119. The summed E-state index contributed by atoms with van der Waals surface area (Å²) in [6.07, 6.45) is -1.11. The van der Waals surface area contributed by atoms with Crippen LogP contribution in [0.4, 0.5) is 0 Å². The Morgan fingerprint density at radius 1 is 1.09 bits per heavy atom. The van der Waals surface area contributed by atoms with Gasteiger partial charge in [-0.1, -0.05) is 6.92 Å². The maximum absolute atomic E-state index is 11.1. The smallest absolute Gasteiger partial charge is 0.216 e. The van der Waals surface area contributed by atoms with Gasteiger partial charge in [-0.15, -0.1) is 0 Å². The van der Waals surface area contributed by atoms with E-state index in [-0.39, 0.29) is 19.1 Å². The molecular weight excluding hydrogens is 304 g/mol. The zero-order valence-electron chi connectivity index (χ0n) is 14.0. The summed E-state index contributed by atoms with van der Waals surface area (Å²) in [7, 11) is 0. The van der Waals surface area contributed by atoms with Gasteiger partial charge in [0.15, 0.2) is 0 Å². The van der Waals surface area contributed by atoms with Crippen molar-refractivity contribution >= 4 is 5.91 Å². The predicted molar refractivity (Wildman–Crippen MR) is 84.0 cm³/mol. The Balaban J connectivity index is 2.44. The lowest BCUT2D eigenvalue weighted by atomic mass is 10.1. The Labute approximate surface area is 137 Å². The lowest BCUT2D eigenvalue weighted by Crippen LogP contribution is -2.48. The molecule has 0 aromatic rings. The second kappa shape index (κ2) is 10.9. The summed E-state index contributed by atoms with van der Waals surface area (Å²) in [6.45, 7) is 5.91. The van der Waals surface area contributed by atoms with Crippen molar-refractivity contribution in [3.8, 4) is 0 Å². The second-order valence-corrected chi connectivity index (χ2v) is 5.70. The number of ether oxygens (including phenoxy) is 2. The molecule has 8 nitrogen and oxygen atoms in total. The average Bonchev–Trinajstić information content (AvgIpc) is 2.75. The first-order chi connectivity index (χ1) is 11.0. The number of hydrogen-bond donors (Lipinski definition) is 4. The summed E-state index contributed by atoms with van der Waals surface area (Å²) < 4.78 is 10.8. The zero-order valence-corrected chi connectivity index (χ0v) is 14.0. The summed E-state index contributed by atoms with van der Waals surface area (Å²) >= 11 is 0. The fraction of sp³-hybridized carbons (Fsp3) is 0.933. The van der Waals surface area contributed by atoms with Crippen LogP contribution >= 0.6 is 0 Å². The summed E-state index contributed by atoms with van der Waals surface area (Å²) in [4.78, 5) is 12.9. The van der Waals surface area contributed by atoms with Gasteiger partial charge in [-0.05, 0) is 6.42 Å². The van der Waals surface area contributed by atoms with Gasteiger partial charge in [0.25, 0.3) is 0 Å². The standard InChI is InChI=1S/C15H30N2O6/c1-3-5-22-7-8-23-6-4-17-12(9-16-11(2)19)14(20)15(21)13(17)10-18/h12-15,18,20-21H,3-10H2,1-2H3,(H,16,19)/t12-,13-,14-,15-/m1/s1. The third-order valence-electron chi connectivity index (χ3n) is 3.95. The monoisotopic (exact) mass is 334 g/mol. The van der Waals surface area contributed by atoms with E-state index in [0.717, 1.165) is 6.42 Å². The van der Waals surface area contributed by atoms with Crippen LogP contribution in [0.1, 0.15) is 20.3 Å². The third-order valence-corrected chi connectivity index (χ3v) is 3.95. The molecule has 1 heterocycles. The Hall–Kier alpha value is -0.770. The molecule has 1 amide bonds. The van der Waals surface area contributed by atoms with Crippen LogP contribution in [-0.2, 0) is 14.3 Å². The fourth-order valence-corrected chi connectivity index (χ4v) is 2.76. The maximum atomic E-state index is 11.1. The van der Waals surface area contributed by atoms with Crippen molar-refractivity contribution in [2.24, 2.45) is 0 Å². The van der Waals surface area contributed by atoms with Gasteiger partial charge in [-0.2, -0.15) is 0 Å². The van der Waals surface area contributed by atoms with Crippen LogP contribution in [0, 0.1) is 0 Å². The zero-order chi connectivity index (χ0) is 17.2. The number of aliphatic hydroxyl groups is 3. The molecule has 1 aliphatic heterocycles. The molecule has 0 aromatic heterocycles. The minimum absolute atomic E-state index is 0.205. The molecule has 0 bridgehead atoms. The van der Waals surface area contributed by atoms with Crippen LogP contribution in [-0.4, -0.2) is 96.5 Å². The molecule has 1 saturated heterocycles. The Morgan fingerprint density at radius 2 is 1.70 bits per heavy atom. The van der Waals surface area contributed by atoms with E-state index in [0.29, 0.717) is 33.0 Å². The van der Waals surface area contributed by atoms with Gasteiger partial charge in [0.1, 0.15) is 0 Å². The molecule has 4 N–H and O–H groups in total. The molecule has 4 atom stereocenters. The van der Waals surface area contributed by atoms with Crippen LogP contribution < -0.4 is 5.32 Å². The van der Waals surface area contributed by atoms with Gasteiger partial charge < -0.3 is 30.1 Å². The van der Waals surface area contributed by atoms with Gasteiger partial charge in [0.2, 0.25) is 5.91 Å². The van der Waals surface area contributed by atoms with E-state index in [1.54, 1.807) is 4.90 Å². The normalized spacial score (nSPS) is 28.2. The molecule has 0 aliphatic carbocycles. The summed E-state index contributed by atoms with van der Waals surface area (Å²) in [5.74, 6) is -0.205. The van der Waals surface area contributed by atoms with Crippen molar-refractivity contribution in [1.82, 2.24) is 10.2 Å². The van der Waals surface area contributed by atoms with Gasteiger partial charge in [0, 0.05) is 26.6 Å². The van der Waals surface area contributed by atoms with Gasteiger partial charge in [0.05, 0.1) is 50.7 Å². The molecule has 0 spiro atoms. The van der Waals surface area contributed by atoms with E-state index in [1.165, 1.54) is 6.92 Å². The maximum Gasteiger partial charge on any atom is 0.216 e. The van der Waals surface area contributed by atoms with Crippen molar-refractivity contribution in [3.63, 3.8) is 0 Å². The number of likely N-dealkylation sites (tertiary alicyclic amines) is 1. The van der Waals surface area contributed by atoms with Crippen LogP contribution in [0.3, 0.4) is 0 Å². The van der Waals surface area contributed by atoms with Gasteiger partial charge >= 0.3 is 0 Å². The number of amides is 1. The van der Waals surface area contributed by atoms with Gasteiger partial charge in [-0.25, -0.2) is 0 Å². The van der Waals surface area contributed by atoms with Crippen molar-refractivity contribution < 1.29 is 29.6 Å². The van der Waals surface area contributed by atoms with Gasteiger partial charge in [-0.3, -0.25) is 9.69 Å². The Morgan fingerprint density at radius 3 is 2.26 bits per heavy atom. The molecule has 8 heteroatoms. The molecule has 23 heavy (non-hydrogen) atoms. The highest BCUT2D eigenvalue weighted by molar-refractivity contribution is 5.72. The third kappa shape index (κ3) is 6.33. The molecule has 136 valence electrons. The van der Waals surface area contributed by atoms with Crippen LogP contribution in [0.25, 0.3) is 0 Å². The van der Waals surface area contributed by atoms with Crippen molar-refractivity contribution in [1.29, 1.82) is 0 Å². The Bertz CT molecular complexity index is 344. The van der Waals surface area contributed by atoms with Crippen LogP contribution in [0.5, 0.6) is 0 Å². The molecule has 1 rings (SSSR count). The first-order valence-electron chi connectivity index (χ1n) is 8.15. The van der Waals surface area contributed by atoms with E-state index in [9.17, 15) is 20.1 Å². The van der Waals surface area contributed by atoms with Crippen molar-refractivity contribution in [2.75, 3.05) is 46.1 Å². The van der Waals surface area contributed by atoms with E-state index in [4.69, 9.17) is 9.47 Å². The molecule has 0 aromatic carbocycles. The van der Waals surface area contributed by atoms with Crippen molar-refractivity contribution in [3.05, 3.63) is 0 Å². The van der Waals surface area contributed by atoms with E-state index in [1.807, 2.05) is 6.92 Å². The lowest BCUT2D eigenvalue weighted by Gasteiger charge is -2.29. The largest absolute Gasteiger partial charge is 0.395 e. The van der Waals surface area contributed by atoms with E-state index in [2.05, 4.69) is 5.32 Å². The first kappa shape index (κ1) is 20.3. The highest BCUT2D eigenvalue weighted by Gasteiger charge is 2.46. The predicted octanol–water partition coefficient (Wildman–Crippen LogP) is -1.67. The SMILES string of the molecule is CCCOCCOCCN1[C@H](CO)[C@@H](O)[C@H](O)[C@H]1CNC(C)=O. The highest BCUT2D eigenvalue weighted by Crippen LogP contribution is 2.24. The Kier molecular flexibility index (Phi) is 9.61. The fourth-order valence-electron chi connectivity index (χ4n) is 2.76. The summed E-state index contributed by atoms with van der Waals surface area (Å²) in [5, 5.41) is 32.3. The number of hydrogen-bond acceptors (Lipinski definition) is 7. The van der Waals surface area contributed by atoms with Crippen LogP contribution in [0.15, 0.2) is 0 Å². The molecule has 1 aliphatic rings. The molecule has 1 fully saturated rings. The number of aliphatic hydroxyl groups excluding tert-OH is 3. The quantitative estimate of drug-likeness (QED) is 0.334. The minimum Gasteiger partial charge on any atom is -0.395 e. The minimum atomic E-state index is -1.05. The number of nitrogens with one attached hydrogen (secondary N) is 1. The van der Waals surface area contributed by atoms with E-state index < -0.39 is 24.3 Å². The van der Waals surface area contributed by atoms with E-state index >= 15 is 0 Å². The average molecular weight is 334 g/mol. The summed E-state index contributed by atoms with van der Waals surface area (Å²) in [6, 6.07) is -1.02. The van der Waals surface area contributed by atoms with Crippen LogP contribution in [0.2, 0.25) is 0 Å². The highest BCUT2D eigenvalue weighted by atomic mass is 16.5. The summed E-state index contributed by atoms with van der Waals surface area (Å²) in [5.41, 5.74) is 0. The number of carbonyl (C=O) groups is 1. The molecule has 0 radical (unpaired) electrons. The number of nitrogens with zero attached hydrogens (tertiary/aromatic N) is 1. The van der Waals surface area contributed by atoms with Crippen molar-refractivity contribution in [2.45, 2.75) is 44.6 Å². The second-order valence-electron chi connectivity index (χ2n) is 5.70. The molecular formula is C15H30N2O6. The molecule has 0 unspecified atom stereocenters.